The zero-order valence-corrected chi connectivity index (χ0v) is 11.0. The minimum atomic E-state index is -1.07. The molecule has 0 spiro atoms. The van der Waals surface area contributed by atoms with Crippen LogP contribution in [0.4, 0.5) is 4.79 Å². The van der Waals surface area contributed by atoms with Gasteiger partial charge in [0.05, 0.1) is 24.6 Å². The molecule has 19 heavy (non-hydrogen) atoms. The van der Waals surface area contributed by atoms with Gasteiger partial charge in [0.15, 0.2) is 0 Å². The van der Waals surface area contributed by atoms with Gasteiger partial charge in [0.25, 0.3) is 0 Å². The van der Waals surface area contributed by atoms with Crippen LogP contribution in [0.5, 0.6) is 0 Å². The largest absolute Gasteiger partial charge is 0.469 e. The van der Waals surface area contributed by atoms with Gasteiger partial charge in [-0.25, -0.2) is 14.3 Å². The number of imidazole rings is 1. The lowest BCUT2D eigenvalue weighted by atomic mass is 10.3. The fourth-order valence-electron chi connectivity index (χ4n) is 1.58. The highest BCUT2D eigenvalue weighted by Gasteiger charge is 2.09. The molecule has 0 saturated carbocycles. The first kappa shape index (κ1) is 13.4. The molecule has 0 aliphatic heterocycles. The number of nitrogens with zero attached hydrogens (tertiary/aromatic N) is 2. The van der Waals surface area contributed by atoms with E-state index < -0.39 is 6.09 Å². The molecule has 100 valence electrons. The molecule has 2 aromatic rings. The van der Waals surface area contributed by atoms with Gasteiger partial charge in [0.1, 0.15) is 6.33 Å². The summed E-state index contributed by atoms with van der Waals surface area (Å²) < 4.78 is 5.62. The molecule has 0 atom stereocenters. The van der Waals surface area contributed by atoms with Crippen molar-refractivity contribution in [2.24, 2.45) is 0 Å². The van der Waals surface area contributed by atoms with Crippen LogP contribution in [0.15, 0.2) is 29.4 Å². The van der Waals surface area contributed by atoms with Gasteiger partial charge in [-0.15, -0.1) is 11.8 Å². The molecule has 7 heteroatoms. The number of rotatable bonds is 4. The summed E-state index contributed by atoms with van der Waals surface area (Å²) in [5.41, 5.74) is 1.16. The van der Waals surface area contributed by atoms with Crippen LogP contribution in [-0.4, -0.2) is 39.6 Å². The van der Waals surface area contributed by atoms with E-state index >= 15 is 0 Å². The van der Waals surface area contributed by atoms with Gasteiger partial charge < -0.3 is 9.84 Å². The van der Waals surface area contributed by atoms with Crippen molar-refractivity contribution in [2.75, 3.05) is 12.9 Å². The van der Waals surface area contributed by atoms with Crippen LogP contribution in [0.1, 0.15) is 6.42 Å². The SMILES string of the molecule is COC(=O)CCSc1ccc2ncn(C(=O)O)c2c1. The van der Waals surface area contributed by atoms with E-state index in [-0.39, 0.29) is 5.97 Å². The second kappa shape index (κ2) is 5.75. The van der Waals surface area contributed by atoms with E-state index in [0.717, 1.165) is 9.46 Å². The second-order valence-electron chi connectivity index (χ2n) is 3.72. The Balaban J connectivity index is 2.14. The van der Waals surface area contributed by atoms with E-state index in [1.54, 1.807) is 12.1 Å². The van der Waals surface area contributed by atoms with E-state index in [2.05, 4.69) is 9.72 Å². The number of carbonyl (C=O) groups is 2. The number of hydrogen-bond acceptors (Lipinski definition) is 5. The molecule has 1 aromatic carbocycles. The molecule has 1 heterocycles. The molecule has 1 aromatic heterocycles. The summed E-state index contributed by atoms with van der Waals surface area (Å²) in [5.74, 6) is 0.323. The number of carbonyl (C=O) groups excluding carboxylic acids is 1. The number of ether oxygens (including phenoxy) is 1. The van der Waals surface area contributed by atoms with Gasteiger partial charge in [0, 0.05) is 10.6 Å². The summed E-state index contributed by atoms with van der Waals surface area (Å²) in [6.07, 6.45) is 0.520. The molecule has 1 N–H and O–H groups in total. The lowest BCUT2D eigenvalue weighted by Gasteiger charge is -2.02. The van der Waals surface area contributed by atoms with Gasteiger partial charge in [-0.3, -0.25) is 4.79 Å². The molecule has 0 fully saturated rings. The maximum absolute atomic E-state index is 11.0. The topological polar surface area (TPSA) is 81.4 Å². The molecule has 0 unspecified atom stereocenters. The molecule has 0 saturated heterocycles. The molecular formula is C12H12N2O4S. The maximum Gasteiger partial charge on any atom is 0.417 e. The van der Waals surface area contributed by atoms with Crippen LogP contribution in [0.2, 0.25) is 0 Å². The highest BCUT2D eigenvalue weighted by atomic mass is 32.2. The number of aromatic nitrogens is 2. The number of thioether (sulfide) groups is 1. The fraction of sp³-hybridized carbons (Fsp3) is 0.250. The Morgan fingerprint density at radius 3 is 2.95 bits per heavy atom. The Hall–Kier alpha value is -2.02. The smallest absolute Gasteiger partial charge is 0.417 e. The van der Waals surface area contributed by atoms with Gasteiger partial charge in [-0.1, -0.05) is 0 Å². The Labute approximate surface area is 113 Å². The highest BCUT2D eigenvalue weighted by Crippen LogP contribution is 2.23. The van der Waals surface area contributed by atoms with Crippen LogP contribution in [0, 0.1) is 0 Å². The van der Waals surface area contributed by atoms with Crippen molar-refractivity contribution in [2.45, 2.75) is 11.3 Å². The quantitative estimate of drug-likeness (QED) is 0.683. The Kier molecular flexibility index (Phi) is 4.06. The third-order valence-corrected chi connectivity index (χ3v) is 3.52. The van der Waals surface area contributed by atoms with E-state index in [4.69, 9.17) is 5.11 Å². The summed E-state index contributed by atoms with van der Waals surface area (Å²) in [7, 11) is 1.35. The van der Waals surface area contributed by atoms with Gasteiger partial charge in [0.2, 0.25) is 0 Å². The summed E-state index contributed by atoms with van der Waals surface area (Å²) in [4.78, 5) is 26.9. The molecule has 0 aliphatic carbocycles. The third kappa shape index (κ3) is 3.05. The number of fused-ring (bicyclic) bond motifs is 1. The predicted octanol–water partition coefficient (Wildman–Crippen LogP) is 2.22. The second-order valence-corrected chi connectivity index (χ2v) is 4.89. The highest BCUT2D eigenvalue weighted by molar-refractivity contribution is 7.99. The van der Waals surface area contributed by atoms with Gasteiger partial charge in [-0.05, 0) is 18.2 Å². The molecule has 6 nitrogen and oxygen atoms in total. The normalized spacial score (nSPS) is 10.6. The first-order chi connectivity index (χ1) is 9.11. The van der Waals surface area contributed by atoms with Gasteiger partial charge in [-0.2, -0.15) is 0 Å². The minimum Gasteiger partial charge on any atom is -0.469 e. The molecular weight excluding hydrogens is 268 g/mol. The molecule has 2 rings (SSSR count). The van der Waals surface area contributed by atoms with Crippen molar-refractivity contribution in [1.82, 2.24) is 9.55 Å². The van der Waals surface area contributed by atoms with E-state index in [0.29, 0.717) is 23.2 Å². The monoisotopic (exact) mass is 280 g/mol. The first-order valence-corrected chi connectivity index (χ1v) is 6.50. The van der Waals surface area contributed by atoms with Crippen LogP contribution in [0.3, 0.4) is 0 Å². The standard InChI is InChI=1S/C12H12N2O4S/c1-18-11(15)4-5-19-8-2-3-9-10(6-8)14(7-13-9)12(16)17/h2-3,6-7H,4-5H2,1H3,(H,16,17). The van der Waals surface area contributed by atoms with Crippen molar-refractivity contribution in [1.29, 1.82) is 0 Å². The van der Waals surface area contributed by atoms with Crippen molar-refractivity contribution in [3.63, 3.8) is 0 Å². The van der Waals surface area contributed by atoms with Crippen LogP contribution in [0.25, 0.3) is 11.0 Å². The molecule has 0 amide bonds. The van der Waals surface area contributed by atoms with Crippen molar-refractivity contribution in [3.05, 3.63) is 24.5 Å². The minimum absolute atomic E-state index is 0.260. The first-order valence-electron chi connectivity index (χ1n) is 5.52. The average molecular weight is 280 g/mol. The van der Waals surface area contributed by atoms with E-state index in [1.807, 2.05) is 6.07 Å². The lowest BCUT2D eigenvalue weighted by Crippen LogP contribution is -2.05. The average Bonchev–Trinajstić information content (AvgIpc) is 2.81. The molecule has 0 aliphatic rings. The maximum atomic E-state index is 11.0. The summed E-state index contributed by atoms with van der Waals surface area (Å²) >= 11 is 1.47. The Morgan fingerprint density at radius 2 is 2.26 bits per heavy atom. The third-order valence-electron chi connectivity index (χ3n) is 2.53. The molecule has 0 bridgehead atoms. The number of benzene rings is 1. The Morgan fingerprint density at radius 1 is 1.47 bits per heavy atom. The van der Waals surface area contributed by atoms with Crippen molar-refractivity contribution in [3.8, 4) is 0 Å². The Bertz CT molecular complexity index is 623. The van der Waals surface area contributed by atoms with E-state index in [1.165, 1.54) is 25.2 Å². The molecule has 0 radical (unpaired) electrons. The van der Waals surface area contributed by atoms with Crippen LogP contribution in [-0.2, 0) is 9.53 Å². The number of esters is 1. The zero-order valence-electron chi connectivity index (χ0n) is 10.2. The number of methoxy groups -OCH3 is 1. The fourth-order valence-corrected chi connectivity index (χ4v) is 2.45. The van der Waals surface area contributed by atoms with Crippen molar-refractivity contribution < 1.29 is 19.4 Å². The summed E-state index contributed by atoms with van der Waals surface area (Å²) in [6.45, 7) is 0. The van der Waals surface area contributed by atoms with Crippen LogP contribution < -0.4 is 0 Å². The summed E-state index contributed by atoms with van der Waals surface area (Å²) in [6, 6.07) is 5.36. The lowest BCUT2D eigenvalue weighted by molar-refractivity contribution is -0.140. The van der Waals surface area contributed by atoms with Crippen LogP contribution >= 0.6 is 11.8 Å². The van der Waals surface area contributed by atoms with Crippen molar-refractivity contribution >= 4 is 34.9 Å². The predicted molar refractivity (Wildman–Crippen MR) is 70.5 cm³/mol. The summed E-state index contributed by atoms with van der Waals surface area (Å²) in [5, 5.41) is 9.00. The van der Waals surface area contributed by atoms with Gasteiger partial charge >= 0.3 is 12.1 Å². The number of carboxylic acid groups (broad SMARTS) is 1. The zero-order chi connectivity index (χ0) is 13.8. The van der Waals surface area contributed by atoms with E-state index in [9.17, 15) is 9.59 Å². The number of hydrogen-bond donors (Lipinski definition) is 1.